The van der Waals surface area contributed by atoms with Gasteiger partial charge in [-0.1, -0.05) is 36.4 Å². The molecule has 1 aromatic heterocycles. The molecule has 0 aliphatic carbocycles. The molecule has 3 atom stereocenters. The Bertz CT molecular complexity index is 486. The van der Waals surface area contributed by atoms with Crippen LogP contribution in [0.25, 0.3) is 0 Å². The first-order valence-corrected chi connectivity index (χ1v) is 7.74. The molecule has 2 aromatic rings. The van der Waals surface area contributed by atoms with Gasteiger partial charge in [-0.15, -0.1) is 11.3 Å². The van der Waals surface area contributed by atoms with Crippen LogP contribution >= 0.6 is 11.3 Å². The lowest BCUT2D eigenvalue weighted by molar-refractivity contribution is 0.127. The zero-order chi connectivity index (χ0) is 14.4. The smallest absolute Gasteiger partial charge is 0.0940 e. The summed E-state index contributed by atoms with van der Waals surface area (Å²) in [5, 5.41) is 25.4. The summed E-state index contributed by atoms with van der Waals surface area (Å²) in [6.07, 6.45) is -0.314. The molecule has 0 radical (unpaired) electrons. The molecule has 0 saturated heterocycles. The van der Waals surface area contributed by atoms with Gasteiger partial charge >= 0.3 is 0 Å². The predicted molar refractivity (Wildman–Crippen MR) is 82.8 cm³/mol. The van der Waals surface area contributed by atoms with E-state index in [1.807, 2.05) is 54.8 Å². The van der Waals surface area contributed by atoms with Crippen molar-refractivity contribution in [1.82, 2.24) is 5.32 Å². The Morgan fingerprint density at radius 2 is 1.85 bits per heavy atom. The number of thiophene rings is 1. The highest BCUT2D eigenvalue weighted by Crippen LogP contribution is 2.21. The molecule has 0 fully saturated rings. The minimum Gasteiger partial charge on any atom is -0.388 e. The number of aliphatic hydroxyl groups is 2. The largest absolute Gasteiger partial charge is 0.388 e. The van der Waals surface area contributed by atoms with Gasteiger partial charge in [0.25, 0.3) is 0 Å². The van der Waals surface area contributed by atoms with Crippen LogP contribution < -0.4 is 5.32 Å². The van der Waals surface area contributed by atoms with Gasteiger partial charge in [0.2, 0.25) is 0 Å². The molecule has 20 heavy (non-hydrogen) atoms. The molecular weight excluding hydrogens is 270 g/mol. The van der Waals surface area contributed by atoms with E-state index in [9.17, 15) is 10.2 Å². The van der Waals surface area contributed by atoms with Gasteiger partial charge in [0.05, 0.1) is 12.2 Å². The molecule has 0 saturated carbocycles. The first-order valence-electron chi connectivity index (χ1n) is 6.86. The second kappa shape index (κ2) is 7.55. The van der Waals surface area contributed by atoms with Gasteiger partial charge in [-0.3, -0.25) is 0 Å². The van der Waals surface area contributed by atoms with Crippen LogP contribution in [0.5, 0.6) is 0 Å². The first kappa shape index (κ1) is 15.2. The normalized spacial score (nSPS) is 15.8. The van der Waals surface area contributed by atoms with Crippen LogP contribution in [0.15, 0.2) is 47.8 Å². The molecule has 0 bridgehead atoms. The van der Waals surface area contributed by atoms with Crippen LogP contribution in [-0.2, 0) is 0 Å². The second-order valence-corrected chi connectivity index (χ2v) is 5.90. The number of nitrogens with one attached hydrogen (secondary N) is 1. The van der Waals surface area contributed by atoms with Crippen molar-refractivity contribution >= 4 is 11.3 Å². The average Bonchev–Trinajstić information content (AvgIpc) is 3.01. The van der Waals surface area contributed by atoms with Crippen molar-refractivity contribution in [1.29, 1.82) is 0 Å². The molecule has 0 amide bonds. The molecule has 108 valence electrons. The van der Waals surface area contributed by atoms with Crippen molar-refractivity contribution in [3.8, 4) is 0 Å². The molecule has 4 heteroatoms. The quantitative estimate of drug-likeness (QED) is 0.735. The van der Waals surface area contributed by atoms with E-state index in [0.29, 0.717) is 13.0 Å². The van der Waals surface area contributed by atoms with Crippen LogP contribution in [0.4, 0.5) is 0 Å². The fourth-order valence-corrected chi connectivity index (χ4v) is 2.87. The van der Waals surface area contributed by atoms with Crippen LogP contribution in [0.2, 0.25) is 0 Å². The van der Waals surface area contributed by atoms with Gasteiger partial charge in [0.15, 0.2) is 0 Å². The fourth-order valence-electron chi connectivity index (χ4n) is 2.12. The topological polar surface area (TPSA) is 52.5 Å². The van der Waals surface area contributed by atoms with Gasteiger partial charge in [-0.25, -0.2) is 0 Å². The lowest BCUT2D eigenvalue weighted by Gasteiger charge is -2.21. The van der Waals surface area contributed by atoms with E-state index in [1.54, 1.807) is 11.3 Å². The lowest BCUT2D eigenvalue weighted by atomic mass is 10.0. The first-order chi connectivity index (χ1) is 9.68. The summed E-state index contributed by atoms with van der Waals surface area (Å²) in [5.74, 6) is 0. The molecule has 0 spiro atoms. The van der Waals surface area contributed by atoms with Crippen LogP contribution in [-0.4, -0.2) is 22.8 Å². The standard InChI is InChI=1S/C16H21NO2S/c1-12(16(19)13-6-3-2-4-7-13)17-10-9-14(18)15-8-5-11-20-15/h2-8,11-12,14,16-19H,9-10H2,1H3. The maximum absolute atomic E-state index is 10.2. The third-order valence-electron chi connectivity index (χ3n) is 3.37. The number of benzene rings is 1. The molecule has 1 aromatic carbocycles. The summed E-state index contributed by atoms with van der Waals surface area (Å²) < 4.78 is 0. The minimum atomic E-state index is -0.532. The van der Waals surface area contributed by atoms with Crippen molar-refractivity contribution in [2.75, 3.05) is 6.54 Å². The fraction of sp³-hybridized carbons (Fsp3) is 0.375. The van der Waals surface area contributed by atoms with E-state index in [1.165, 1.54) is 0 Å². The van der Waals surface area contributed by atoms with E-state index < -0.39 is 12.2 Å². The van der Waals surface area contributed by atoms with E-state index in [2.05, 4.69) is 5.32 Å². The zero-order valence-corrected chi connectivity index (χ0v) is 12.4. The molecule has 0 aliphatic rings. The van der Waals surface area contributed by atoms with Crippen LogP contribution in [0, 0.1) is 0 Å². The highest BCUT2D eigenvalue weighted by atomic mass is 32.1. The Morgan fingerprint density at radius 1 is 1.10 bits per heavy atom. The van der Waals surface area contributed by atoms with Crippen LogP contribution in [0.3, 0.4) is 0 Å². The lowest BCUT2D eigenvalue weighted by Crippen LogP contribution is -2.33. The predicted octanol–water partition coefficient (Wildman–Crippen LogP) is 2.88. The van der Waals surface area contributed by atoms with Gasteiger partial charge in [0.1, 0.15) is 0 Å². The molecule has 3 unspecified atom stereocenters. The van der Waals surface area contributed by atoms with E-state index in [0.717, 1.165) is 10.4 Å². The summed E-state index contributed by atoms with van der Waals surface area (Å²) in [6, 6.07) is 13.5. The maximum Gasteiger partial charge on any atom is 0.0940 e. The van der Waals surface area contributed by atoms with Gasteiger partial charge in [0, 0.05) is 10.9 Å². The number of hydrogen-bond donors (Lipinski definition) is 3. The summed E-state index contributed by atoms with van der Waals surface area (Å²) in [5.41, 5.74) is 0.909. The molecule has 3 N–H and O–H groups in total. The SMILES string of the molecule is CC(NCCC(O)c1cccs1)C(O)c1ccccc1. The third-order valence-corrected chi connectivity index (χ3v) is 4.34. The van der Waals surface area contributed by atoms with Gasteiger partial charge < -0.3 is 15.5 Å². The highest BCUT2D eigenvalue weighted by molar-refractivity contribution is 7.10. The number of hydrogen-bond acceptors (Lipinski definition) is 4. The van der Waals surface area contributed by atoms with Crippen molar-refractivity contribution in [2.24, 2.45) is 0 Å². The third kappa shape index (κ3) is 4.15. The van der Waals surface area contributed by atoms with Crippen LogP contribution in [0.1, 0.15) is 36.0 Å². The van der Waals surface area contributed by atoms with Crippen molar-refractivity contribution in [2.45, 2.75) is 31.6 Å². The van der Waals surface area contributed by atoms with Crippen molar-refractivity contribution < 1.29 is 10.2 Å². The van der Waals surface area contributed by atoms with E-state index >= 15 is 0 Å². The Balaban J connectivity index is 1.76. The highest BCUT2D eigenvalue weighted by Gasteiger charge is 2.16. The average molecular weight is 291 g/mol. The molecule has 0 aliphatic heterocycles. The zero-order valence-electron chi connectivity index (χ0n) is 11.6. The Morgan fingerprint density at radius 3 is 2.50 bits per heavy atom. The molecule has 2 rings (SSSR count). The Hall–Kier alpha value is -1.20. The maximum atomic E-state index is 10.2. The van der Waals surface area contributed by atoms with Crippen molar-refractivity contribution in [3.05, 3.63) is 58.3 Å². The van der Waals surface area contributed by atoms with E-state index in [4.69, 9.17) is 0 Å². The monoisotopic (exact) mass is 291 g/mol. The summed E-state index contributed by atoms with van der Waals surface area (Å²) in [7, 11) is 0. The number of rotatable bonds is 7. The summed E-state index contributed by atoms with van der Waals surface area (Å²) in [4.78, 5) is 0.989. The summed E-state index contributed by atoms with van der Waals surface area (Å²) in [6.45, 7) is 2.62. The second-order valence-electron chi connectivity index (χ2n) is 4.92. The molecule has 1 heterocycles. The Kier molecular flexibility index (Phi) is 5.73. The number of aliphatic hydroxyl groups excluding tert-OH is 2. The minimum absolute atomic E-state index is 0.0482. The van der Waals surface area contributed by atoms with Crippen molar-refractivity contribution in [3.63, 3.8) is 0 Å². The molecule has 3 nitrogen and oxygen atoms in total. The van der Waals surface area contributed by atoms with Gasteiger partial charge in [-0.05, 0) is 36.9 Å². The van der Waals surface area contributed by atoms with Gasteiger partial charge in [-0.2, -0.15) is 0 Å². The Labute approximate surface area is 123 Å². The van der Waals surface area contributed by atoms with E-state index in [-0.39, 0.29) is 6.04 Å². The molecular formula is C16H21NO2S. The summed E-state index contributed by atoms with van der Waals surface area (Å²) >= 11 is 1.57.